The van der Waals surface area contributed by atoms with Gasteiger partial charge in [0, 0.05) is 6.54 Å². The summed E-state index contributed by atoms with van der Waals surface area (Å²) in [6.45, 7) is 0.206. The molecule has 0 fully saturated rings. The summed E-state index contributed by atoms with van der Waals surface area (Å²) in [4.78, 5) is 23.2. The highest BCUT2D eigenvalue weighted by Gasteiger charge is 2.11. The Morgan fingerprint density at radius 3 is 2.24 bits per heavy atom. The van der Waals surface area contributed by atoms with Crippen molar-refractivity contribution in [3.63, 3.8) is 0 Å². The lowest BCUT2D eigenvalue weighted by atomic mass is 10.2. The van der Waals surface area contributed by atoms with Crippen LogP contribution in [0.25, 0.3) is 0 Å². The van der Waals surface area contributed by atoms with Crippen LogP contribution in [0.3, 0.4) is 0 Å². The molecule has 0 bridgehead atoms. The Kier molecular flexibility index (Phi) is 4.47. The number of amides is 2. The molecular formula is C11H15N3O3. The minimum atomic E-state index is -0.536. The number of nitrogens with two attached hydrogens (primary N) is 2. The molecule has 0 aliphatic rings. The summed E-state index contributed by atoms with van der Waals surface area (Å²) in [5.41, 5.74) is 10.9. The molecule has 0 aliphatic carbocycles. The van der Waals surface area contributed by atoms with E-state index in [9.17, 15) is 14.7 Å². The van der Waals surface area contributed by atoms with Crippen molar-refractivity contribution in [2.24, 2.45) is 11.5 Å². The van der Waals surface area contributed by atoms with E-state index in [0.717, 1.165) is 5.56 Å². The van der Waals surface area contributed by atoms with Gasteiger partial charge in [0.2, 0.25) is 11.8 Å². The molecule has 6 nitrogen and oxygen atoms in total. The molecule has 0 unspecified atom stereocenters. The number of hydrogen-bond acceptors (Lipinski definition) is 4. The van der Waals surface area contributed by atoms with Crippen molar-refractivity contribution in [3.05, 3.63) is 29.8 Å². The van der Waals surface area contributed by atoms with E-state index in [0.29, 0.717) is 6.54 Å². The summed E-state index contributed by atoms with van der Waals surface area (Å²) < 4.78 is 0. The second-order valence-corrected chi connectivity index (χ2v) is 3.75. The first-order valence-electron chi connectivity index (χ1n) is 5.04. The molecule has 0 heterocycles. The first-order valence-corrected chi connectivity index (χ1v) is 5.04. The van der Waals surface area contributed by atoms with Crippen LogP contribution in [0.4, 0.5) is 0 Å². The number of carbonyl (C=O) groups is 2. The number of carbonyl (C=O) groups excluding carboxylic acids is 2. The first kappa shape index (κ1) is 13.0. The molecule has 0 atom stereocenters. The molecule has 2 amide bonds. The van der Waals surface area contributed by atoms with Crippen LogP contribution in [0.5, 0.6) is 5.75 Å². The smallest absolute Gasteiger partial charge is 0.231 e. The fourth-order valence-electron chi connectivity index (χ4n) is 1.52. The lowest BCUT2D eigenvalue weighted by Crippen LogP contribution is -2.39. The predicted molar refractivity (Wildman–Crippen MR) is 61.8 cm³/mol. The third-order valence-corrected chi connectivity index (χ3v) is 2.08. The van der Waals surface area contributed by atoms with Crippen LogP contribution in [0, 0.1) is 0 Å². The van der Waals surface area contributed by atoms with Gasteiger partial charge >= 0.3 is 0 Å². The summed E-state index contributed by atoms with van der Waals surface area (Å²) >= 11 is 0. The summed E-state index contributed by atoms with van der Waals surface area (Å²) in [7, 11) is 0. The lowest BCUT2D eigenvalue weighted by Gasteiger charge is -2.18. The van der Waals surface area contributed by atoms with Gasteiger partial charge in [0.25, 0.3) is 0 Å². The van der Waals surface area contributed by atoms with Crippen LogP contribution in [0.2, 0.25) is 0 Å². The fraction of sp³-hybridized carbons (Fsp3) is 0.273. The largest absolute Gasteiger partial charge is 0.508 e. The third-order valence-electron chi connectivity index (χ3n) is 2.08. The normalized spacial score (nSPS) is 10.4. The minimum Gasteiger partial charge on any atom is -0.508 e. The lowest BCUT2D eigenvalue weighted by molar-refractivity contribution is -0.122. The Bertz CT molecular complexity index is 404. The summed E-state index contributed by atoms with van der Waals surface area (Å²) in [5.74, 6) is -0.946. The highest BCUT2D eigenvalue weighted by atomic mass is 16.3. The second kappa shape index (κ2) is 5.86. The maximum absolute atomic E-state index is 10.8. The van der Waals surface area contributed by atoms with Crippen molar-refractivity contribution < 1.29 is 14.7 Å². The number of benzene rings is 1. The zero-order valence-corrected chi connectivity index (χ0v) is 9.30. The Morgan fingerprint density at radius 2 is 1.76 bits per heavy atom. The molecule has 92 valence electrons. The van der Waals surface area contributed by atoms with Crippen molar-refractivity contribution in [3.8, 4) is 5.75 Å². The van der Waals surface area contributed by atoms with Gasteiger partial charge in [0.1, 0.15) is 5.75 Å². The Labute approximate surface area is 98.8 Å². The molecule has 0 saturated carbocycles. The predicted octanol–water partition coefficient (Wildman–Crippen LogP) is -0.835. The number of rotatable bonds is 6. The Balaban J connectivity index is 2.71. The van der Waals surface area contributed by atoms with E-state index in [4.69, 9.17) is 11.5 Å². The van der Waals surface area contributed by atoms with Gasteiger partial charge in [0.05, 0.1) is 13.1 Å². The molecule has 5 N–H and O–H groups in total. The van der Waals surface area contributed by atoms with E-state index in [1.54, 1.807) is 18.2 Å². The van der Waals surface area contributed by atoms with E-state index in [1.165, 1.54) is 11.0 Å². The van der Waals surface area contributed by atoms with Crippen LogP contribution in [0.1, 0.15) is 5.56 Å². The molecule has 1 aromatic rings. The summed E-state index contributed by atoms with van der Waals surface area (Å²) in [5, 5.41) is 9.29. The van der Waals surface area contributed by atoms with E-state index in [-0.39, 0.29) is 18.8 Å². The van der Waals surface area contributed by atoms with Crippen molar-refractivity contribution in [1.82, 2.24) is 4.90 Å². The van der Waals surface area contributed by atoms with Gasteiger partial charge in [-0.15, -0.1) is 0 Å². The van der Waals surface area contributed by atoms with E-state index < -0.39 is 11.8 Å². The van der Waals surface area contributed by atoms with Crippen molar-refractivity contribution in [1.29, 1.82) is 0 Å². The average molecular weight is 237 g/mol. The van der Waals surface area contributed by atoms with Crippen molar-refractivity contribution >= 4 is 11.8 Å². The van der Waals surface area contributed by atoms with Crippen LogP contribution in [-0.2, 0) is 16.1 Å². The van der Waals surface area contributed by atoms with Gasteiger partial charge in [-0.25, -0.2) is 0 Å². The molecule has 0 aliphatic heterocycles. The average Bonchev–Trinajstić information content (AvgIpc) is 2.14. The second-order valence-electron chi connectivity index (χ2n) is 3.75. The monoisotopic (exact) mass is 237 g/mol. The topological polar surface area (TPSA) is 110 Å². The van der Waals surface area contributed by atoms with Gasteiger partial charge in [-0.3, -0.25) is 14.5 Å². The number of phenolic OH excluding ortho intramolecular Hbond substituents is 1. The number of hydrogen-bond donors (Lipinski definition) is 3. The highest BCUT2D eigenvalue weighted by Crippen LogP contribution is 2.12. The highest BCUT2D eigenvalue weighted by molar-refractivity contribution is 5.79. The van der Waals surface area contributed by atoms with Gasteiger partial charge in [-0.1, -0.05) is 12.1 Å². The van der Waals surface area contributed by atoms with Crippen molar-refractivity contribution in [2.75, 3.05) is 13.1 Å². The minimum absolute atomic E-state index is 0.0569. The number of phenols is 1. The number of aromatic hydroxyl groups is 1. The molecule has 1 rings (SSSR count). The Morgan fingerprint density at radius 1 is 1.18 bits per heavy atom. The zero-order valence-electron chi connectivity index (χ0n) is 9.30. The summed E-state index contributed by atoms with van der Waals surface area (Å²) in [6, 6.07) is 6.54. The summed E-state index contributed by atoms with van der Waals surface area (Å²) in [6.07, 6.45) is 0. The SMILES string of the molecule is NC(=O)CN(CC(N)=O)Cc1cccc(O)c1. The van der Waals surface area contributed by atoms with E-state index >= 15 is 0 Å². The fourth-order valence-corrected chi connectivity index (χ4v) is 1.52. The zero-order chi connectivity index (χ0) is 12.8. The van der Waals surface area contributed by atoms with E-state index in [2.05, 4.69) is 0 Å². The van der Waals surface area contributed by atoms with Gasteiger partial charge in [-0.05, 0) is 17.7 Å². The van der Waals surface area contributed by atoms with Crippen LogP contribution in [0.15, 0.2) is 24.3 Å². The van der Waals surface area contributed by atoms with Crippen LogP contribution < -0.4 is 11.5 Å². The molecule has 0 saturated heterocycles. The molecule has 0 spiro atoms. The molecule has 17 heavy (non-hydrogen) atoms. The third kappa shape index (κ3) is 4.98. The van der Waals surface area contributed by atoms with E-state index in [1.807, 2.05) is 0 Å². The molecular weight excluding hydrogens is 222 g/mol. The number of primary amides is 2. The molecule has 0 radical (unpaired) electrons. The van der Waals surface area contributed by atoms with Gasteiger partial charge in [0.15, 0.2) is 0 Å². The molecule has 1 aromatic carbocycles. The maximum atomic E-state index is 10.8. The quantitative estimate of drug-likeness (QED) is 0.599. The Hall–Kier alpha value is -2.08. The number of nitrogens with zero attached hydrogens (tertiary/aromatic N) is 1. The van der Waals surface area contributed by atoms with Gasteiger partial charge < -0.3 is 16.6 Å². The van der Waals surface area contributed by atoms with Crippen LogP contribution in [-0.4, -0.2) is 34.9 Å². The van der Waals surface area contributed by atoms with Crippen molar-refractivity contribution in [2.45, 2.75) is 6.54 Å². The maximum Gasteiger partial charge on any atom is 0.231 e. The van der Waals surface area contributed by atoms with Gasteiger partial charge in [-0.2, -0.15) is 0 Å². The molecule has 0 aromatic heterocycles. The first-order chi connectivity index (χ1) is 7.97. The van der Waals surface area contributed by atoms with Crippen LogP contribution >= 0.6 is 0 Å². The standard InChI is InChI=1S/C11H15N3O3/c12-10(16)6-14(7-11(13)17)5-8-2-1-3-9(15)4-8/h1-4,15H,5-7H2,(H2,12,16)(H2,13,17). The molecule has 6 heteroatoms.